The van der Waals surface area contributed by atoms with Gasteiger partial charge in [0.05, 0.1) is 6.61 Å². The molecule has 1 rings (SSSR count). The van der Waals surface area contributed by atoms with Gasteiger partial charge >= 0.3 is 0 Å². The number of ether oxygens (including phenoxy) is 1. The van der Waals surface area contributed by atoms with Crippen LogP contribution in [0.2, 0.25) is 0 Å². The van der Waals surface area contributed by atoms with Gasteiger partial charge in [0.15, 0.2) is 11.6 Å². The molecule has 0 aromatic heterocycles. The number of hydrogen-bond donors (Lipinski definition) is 0. The number of hydrogen-bond acceptors (Lipinski definition) is 1. The summed E-state index contributed by atoms with van der Waals surface area (Å²) in [7, 11) is 0. The molecule has 0 heterocycles. The monoisotopic (exact) mass is 210 g/mol. The summed E-state index contributed by atoms with van der Waals surface area (Å²) in [6.07, 6.45) is 0.871. The van der Waals surface area contributed by atoms with Gasteiger partial charge in [-0.15, -0.1) is 0 Å². The first-order chi connectivity index (χ1) is 6.92. The average molecular weight is 210 g/mol. The third kappa shape index (κ3) is 3.90. The van der Waals surface area contributed by atoms with Gasteiger partial charge in [0.25, 0.3) is 0 Å². The lowest BCUT2D eigenvalue weighted by molar-refractivity contribution is 0.321. The molecule has 0 radical (unpaired) electrons. The fourth-order valence-electron chi connectivity index (χ4n) is 1.54. The summed E-state index contributed by atoms with van der Waals surface area (Å²) in [5.41, 5.74) is 1.20. The molecule has 0 spiro atoms. The first-order valence-corrected chi connectivity index (χ1v) is 5.33. The molecule has 0 saturated heterocycles. The van der Waals surface area contributed by atoms with Crippen LogP contribution in [0, 0.1) is 11.2 Å². The normalized spacial score (nSPS) is 11.5. The van der Waals surface area contributed by atoms with Crippen molar-refractivity contribution >= 4 is 0 Å². The predicted octanol–water partition coefficient (Wildman–Crippen LogP) is 3.81. The molecule has 0 amide bonds. The van der Waals surface area contributed by atoms with Crippen molar-refractivity contribution in [1.82, 2.24) is 0 Å². The van der Waals surface area contributed by atoms with Crippen LogP contribution in [-0.2, 0) is 6.42 Å². The van der Waals surface area contributed by atoms with Crippen LogP contribution >= 0.6 is 0 Å². The molecule has 2 heteroatoms. The topological polar surface area (TPSA) is 9.23 Å². The summed E-state index contributed by atoms with van der Waals surface area (Å²) in [5, 5.41) is 0. The Bertz CT molecular complexity index is 326. The third-order valence-corrected chi connectivity index (χ3v) is 2.03. The third-order valence-electron chi connectivity index (χ3n) is 2.03. The van der Waals surface area contributed by atoms with Crippen LogP contribution in [0.4, 0.5) is 4.39 Å². The predicted molar refractivity (Wildman–Crippen MR) is 60.7 cm³/mol. The Morgan fingerprint density at radius 2 is 1.93 bits per heavy atom. The van der Waals surface area contributed by atoms with Crippen molar-refractivity contribution in [2.45, 2.75) is 34.1 Å². The Morgan fingerprint density at radius 3 is 2.40 bits per heavy atom. The Morgan fingerprint density at radius 1 is 1.27 bits per heavy atom. The molecule has 0 aliphatic carbocycles. The lowest BCUT2D eigenvalue weighted by Crippen LogP contribution is -2.09. The Hall–Kier alpha value is -1.05. The van der Waals surface area contributed by atoms with E-state index >= 15 is 0 Å². The van der Waals surface area contributed by atoms with Gasteiger partial charge in [0.2, 0.25) is 0 Å². The smallest absolute Gasteiger partial charge is 0.165 e. The molecule has 0 N–H and O–H groups in total. The molecule has 0 saturated carbocycles. The highest BCUT2D eigenvalue weighted by Gasteiger charge is 2.12. The van der Waals surface area contributed by atoms with Crippen molar-refractivity contribution in [3.05, 3.63) is 29.6 Å². The fourth-order valence-corrected chi connectivity index (χ4v) is 1.54. The fraction of sp³-hybridized carbons (Fsp3) is 0.538. The average Bonchev–Trinajstić information content (AvgIpc) is 2.07. The highest BCUT2D eigenvalue weighted by atomic mass is 19.1. The van der Waals surface area contributed by atoms with Gasteiger partial charge < -0.3 is 4.74 Å². The zero-order valence-corrected chi connectivity index (χ0v) is 9.93. The maximum absolute atomic E-state index is 13.5. The van der Waals surface area contributed by atoms with E-state index in [1.54, 1.807) is 12.1 Å². The van der Waals surface area contributed by atoms with Gasteiger partial charge in [-0.3, -0.25) is 0 Å². The van der Waals surface area contributed by atoms with Crippen molar-refractivity contribution in [3.63, 3.8) is 0 Å². The molecule has 0 aliphatic rings. The number of halogens is 1. The zero-order chi connectivity index (χ0) is 11.5. The first-order valence-electron chi connectivity index (χ1n) is 5.33. The van der Waals surface area contributed by atoms with Gasteiger partial charge in [0.1, 0.15) is 0 Å². The summed E-state index contributed by atoms with van der Waals surface area (Å²) < 4.78 is 18.6. The van der Waals surface area contributed by atoms with Crippen molar-refractivity contribution in [2.24, 2.45) is 5.41 Å². The SMILES string of the molecule is CCOc1ccc(CC(C)(C)C)cc1F. The van der Waals surface area contributed by atoms with Crippen molar-refractivity contribution < 1.29 is 9.13 Å². The van der Waals surface area contributed by atoms with E-state index in [1.807, 2.05) is 13.0 Å². The minimum Gasteiger partial charge on any atom is -0.491 e. The van der Waals surface area contributed by atoms with E-state index in [-0.39, 0.29) is 11.2 Å². The summed E-state index contributed by atoms with van der Waals surface area (Å²) in [6.45, 7) is 8.77. The molecule has 0 bridgehead atoms. The maximum Gasteiger partial charge on any atom is 0.165 e. The van der Waals surface area contributed by atoms with Gasteiger partial charge in [-0.25, -0.2) is 4.39 Å². The molecular formula is C13H19FO. The van der Waals surface area contributed by atoms with E-state index in [2.05, 4.69) is 20.8 Å². The minimum atomic E-state index is -0.265. The van der Waals surface area contributed by atoms with E-state index in [0.29, 0.717) is 12.4 Å². The zero-order valence-electron chi connectivity index (χ0n) is 9.93. The molecule has 15 heavy (non-hydrogen) atoms. The summed E-state index contributed by atoms with van der Waals surface area (Å²) in [4.78, 5) is 0. The highest BCUT2D eigenvalue weighted by molar-refractivity contribution is 5.29. The van der Waals surface area contributed by atoms with Crippen molar-refractivity contribution in [1.29, 1.82) is 0 Å². The minimum absolute atomic E-state index is 0.180. The molecule has 0 unspecified atom stereocenters. The van der Waals surface area contributed by atoms with Crippen LogP contribution in [0.15, 0.2) is 18.2 Å². The van der Waals surface area contributed by atoms with Crippen molar-refractivity contribution in [2.75, 3.05) is 6.61 Å². The lowest BCUT2D eigenvalue weighted by Gasteiger charge is -2.18. The van der Waals surface area contributed by atoms with E-state index in [1.165, 1.54) is 0 Å². The first kappa shape index (κ1) is 12.0. The van der Waals surface area contributed by atoms with Gasteiger partial charge in [-0.1, -0.05) is 26.8 Å². The van der Waals surface area contributed by atoms with E-state index in [0.717, 1.165) is 12.0 Å². The maximum atomic E-state index is 13.5. The van der Waals surface area contributed by atoms with Crippen LogP contribution in [0.3, 0.4) is 0 Å². The Kier molecular flexibility index (Phi) is 3.72. The molecule has 1 nitrogen and oxygen atoms in total. The summed E-state index contributed by atoms with van der Waals surface area (Å²) in [6, 6.07) is 5.20. The second kappa shape index (κ2) is 4.65. The Balaban J connectivity index is 2.82. The largest absolute Gasteiger partial charge is 0.491 e. The molecular weight excluding hydrogens is 191 g/mol. The van der Waals surface area contributed by atoms with Crippen molar-refractivity contribution in [3.8, 4) is 5.75 Å². The number of rotatable bonds is 3. The quantitative estimate of drug-likeness (QED) is 0.737. The van der Waals surface area contributed by atoms with E-state index < -0.39 is 0 Å². The van der Waals surface area contributed by atoms with E-state index in [9.17, 15) is 4.39 Å². The second-order valence-corrected chi connectivity index (χ2v) is 4.94. The second-order valence-electron chi connectivity index (χ2n) is 4.94. The molecule has 0 aliphatic heterocycles. The van der Waals surface area contributed by atoms with Gasteiger partial charge in [-0.05, 0) is 36.5 Å². The van der Waals surface area contributed by atoms with Crippen LogP contribution < -0.4 is 4.74 Å². The van der Waals surface area contributed by atoms with Crippen LogP contribution in [-0.4, -0.2) is 6.61 Å². The van der Waals surface area contributed by atoms with Crippen LogP contribution in [0.5, 0.6) is 5.75 Å². The summed E-state index contributed by atoms with van der Waals surface area (Å²) >= 11 is 0. The van der Waals surface area contributed by atoms with Crippen LogP contribution in [0.25, 0.3) is 0 Å². The molecule has 1 aromatic rings. The van der Waals surface area contributed by atoms with E-state index in [4.69, 9.17) is 4.74 Å². The van der Waals surface area contributed by atoms with Gasteiger partial charge in [0, 0.05) is 0 Å². The molecule has 84 valence electrons. The van der Waals surface area contributed by atoms with Crippen LogP contribution in [0.1, 0.15) is 33.3 Å². The highest BCUT2D eigenvalue weighted by Crippen LogP contribution is 2.24. The Labute approximate surface area is 91.3 Å². The molecule has 1 aromatic carbocycles. The number of benzene rings is 1. The summed E-state index contributed by atoms with van der Waals surface area (Å²) in [5.74, 6) is 0.0776. The standard InChI is InChI=1S/C13H19FO/c1-5-15-12-7-6-10(8-11(12)14)9-13(2,3)4/h6-8H,5,9H2,1-4H3. The van der Waals surface area contributed by atoms with Gasteiger partial charge in [-0.2, -0.15) is 0 Å². The molecule has 0 fully saturated rings. The lowest BCUT2D eigenvalue weighted by atomic mass is 9.88. The molecule has 0 atom stereocenters.